The first-order valence-corrected chi connectivity index (χ1v) is 14.2. The van der Waals surface area contributed by atoms with Gasteiger partial charge in [-0.2, -0.15) is 0 Å². The zero-order chi connectivity index (χ0) is 26.4. The van der Waals surface area contributed by atoms with Crippen molar-refractivity contribution in [2.24, 2.45) is 0 Å². The third-order valence-electron chi connectivity index (χ3n) is 6.10. The van der Waals surface area contributed by atoms with Crippen molar-refractivity contribution in [2.75, 3.05) is 19.0 Å². The van der Waals surface area contributed by atoms with Crippen LogP contribution >= 0.6 is 35.0 Å². The summed E-state index contributed by atoms with van der Waals surface area (Å²) in [6, 6.07) is 15.1. The number of rotatable bonds is 11. The van der Waals surface area contributed by atoms with Crippen LogP contribution < -0.4 is 4.74 Å². The van der Waals surface area contributed by atoms with Gasteiger partial charge < -0.3 is 18.8 Å². The summed E-state index contributed by atoms with van der Waals surface area (Å²) in [5, 5.41) is 1.83. The third-order valence-corrected chi connectivity index (χ3v) is 7.59. The quantitative estimate of drug-likeness (QED) is 0.110. The normalized spacial score (nSPS) is 19.1. The summed E-state index contributed by atoms with van der Waals surface area (Å²) in [7, 11) is 0. The van der Waals surface area contributed by atoms with Gasteiger partial charge in [-0.1, -0.05) is 54.4 Å². The predicted octanol–water partition coefficient (Wildman–Crippen LogP) is 6.89. The van der Waals surface area contributed by atoms with E-state index in [1.807, 2.05) is 47.2 Å². The summed E-state index contributed by atoms with van der Waals surface area (Å²) in [5.41, 5.74) is 2.61. The molecule has 4 aromatic rings. The van der Waals surface area contributed by atoms with Crippen molar-refractivity contribution in [3.63, 3.8) is 0 Å². The number of aromatic nitrogens is 4. The van der Waals surface area contributed by atoms with Gasteiger partial charge in [0.1, 0.15) is 18.5 Å². The van der Waals surface area contributed by atoms with E-state index >= 15 is 0 Å². The molecule has 38 heavy (non-hydrogen) atoms. The van der Waals surface area contributed by atoms with Crippen molar-refractivity contribution in [1.82, 2.24) is 19.5 Å². The molecule has 0 spiro atoms. The van der Waals surface area contributed by atoms with E-state index in [4.69, 9.17) is 42.4 Å². The fraction of sp³-hybridized carbons (Fsp3) is 0.321. The van der Waals surface area contributed by atoms with Crippen LogP contribution in [-0.4, -0.2) is 44.6 Å². The van der Waals surface area contributed by atoms with Crippen LogP contribution in [0.2, 0.25) is 10.0 Å². The van der Waals surface area contributed by atoms with Gasteiger partial charge in [0.15, 0.2) is 5.16 Å². The average molecular weight is 572 g/mol. The lowest BCUT2D eigenvalue weighted by molar-refractivity contribution is -0.189. The van der Waals surface area contributed by atoms with E-state index < -0.39 is 5.79 Å². The van der Waals surface area contributed by atoms with E-state index in [1.54, 1.807) is 42.6 Å². The molecule has 1 saturated heterocycles. The number of thioether (sulfide) groups is 1. The van der Waals surface area contributed by atoms with Gasteiger partial charge in [-0.3, -0.25) is 0 Å². The van der Waals surface area contributed by atoms with Crippen LogP contribution in [0.1, 0.15) is 25.3 Å². The van der Waals surface area contributed by atoms with E-state index in [2.05, 4.69) is 16.9 Å². The largest absolute Gasteiger partial charge is 0.491 e. The van der Waals surface area contributed by atoms with E-state index in [0.717, 1.165) is 40.8 Å². The number of nitrogens with zero attached hydrogens (tertiary/aromatic N) is 4. The smallest absolute Gasteiger partial charge is 0.215 e. The number of hydrogen-bond donors (Lipinski definition) is 0. The Labute approximate surface area is 236 Å². The molecule has 0 N–H and O–H groups in total. The Bertz CT molecular complexity index is 1340. The van der Waals surface area contributed by atoms with Crippen LogP contribution in [0.3, 0.4) is 0 Å². The fourth-order valence-electron chi connectivity index (χ4n) is 4.17. The summed E-state index contributed by atoms with van der Waals surface area (Å²) in [6.07, 6.45) is 9.10. The minimum Gasteiger partial charge on any atom is -0.491 e. The highest BCUT2D eigenvalue weighted by molar-refractivity contribution is 7.99. The number of unbranched alkanes of at least 4 members (excludes halogenated alkanes) is 1. The minimum absolute atomic E-state index is 0.297. The van der Waals surface area contributed by atoms with Gasteiger partial charge in [0.25, 0.3) is 0 Å². The molecule has 0 unspecified atom stereocenters. The molecule has 0 radical (unpaired) electrons. The summed E-state index contributed by atoms with van der Waals surface area (Å²) < 4.78 is 20.7. The minimum atomic E-state index is -1.08. The predicted molar refractivity (Wildman–Crippen MR) is 150 cm³/mol. The molecule has 0 bridgehead atoms. The highest BCUT2D eigenvalue weighted by Crippen LogP contribution is 2.40. The first kappa shape index (κ1) is 27.0. The van der Waals surface area contributed by atoms with Crippen molar-refractivity contribution in [3.8, 4) is 17.0 Å². The van der Waals surface area contributed by atoms with Gasteiger partial charge in [-0.25, -0.2) is 15.0 Å². The topological polar surface area (TPSA) is 71.3 Å². The van der Waals surface area contributed by atoms with Crippen LogP contribution in [0.15, 0.2) is 78.6 Å². The van der Waals surface area contributed by atoms with Crippen LogP contribution in [0, 0.1) is 0 Å². The van der Waals surface area contributed by atoms with Gasteiger partial charge in [-0.05, 0) is 48.9 Å². The molecule has 0 aliphatic carbocycles. The zero-order valence-electron chi connectivity index (χ0n) is 20.9. The average Bonchev–Trinajstić information content (AvgIpc) is 3.59. The van der Waals surface area contributed by atoms with Gasteiger partial charge in [0.2, 0.25) is 5.79 Å². The Kier molecular flexibility index (Phi) is 8.86. The molecule has 198 valence electrons. The van der Waals surface area contributed by atoms with Crippen molar-refractivity contribution in [2.45, 2.75) is 43.4 Å². The zero-order valence-corrected chi connectivity index (χ0v) is 23.3. The number of hydrogen-bond acceptors (Lipinski definition) is 7. The summed E-state index contributed by atoms with van der Waals surface area (Å²) >= 11 is 14.4. The highest BCUT2D eigenvalue weighted by atomic mass is 35.5. The second-order valence-electron chi connectivity index (χ2n) is 8.92. The Balaban J connectivity index is 1.24. The highest BCUT2D eigenvalue weighted by Gasteiger charge is 2.45. The molecule has 0 saturated carbocycles. The van der Waals surface area contributed by atoms with E-state index in [1.165, 1.54) is 0 Å². The van der Waals surface area contributed by atoms with Crippen LogP contribution in [-0.2, 0) is 21.8 Å². The standard InChI is InChI=1S/C28H28Cl2N4O3S/c1-2-3-14-38-27-32-11-10-26(33-27)20-4-7-22(8-5-20)35-16-23-17-36-28(37-23,18-34-13-12-31-19-34)24-9-6-21(29)15-25(24)30/h4-13,15,19,23H,2-3,14,16-18H2,1H3/t23-,28-/m1/s1. The van der Waals surface area contributed by atoms with Gasteiger partial charge in [0, 0.05) is 40.5 Å². The molecule has 1 fully saturated rings. The molecule has 2 aromatic heterocycles. The maximum atomic E-state index is 6.56. The van der Waals surface area contributed by atoms with E-state index in [9.17, 15) is 0 Å². The molecule has 3 heterocycles. The summed E-state index contributed by atoms with van der Waals surface area (Å²) in [4.78, 5) is 13.2. The lowest BCUT2D eigenvalue weighted by Crippen LogP contribution is -2.34. The second kappa shape index (κ2) is 12.5. The van der Waals surface area contributed by atoms with Crippen LogP contribution in [0.5, 0.6) is 5.75 Å². The van der Waals surface area contributed by atoms with Crippen LogP contribution in [0.4, 0.5) is 0 Å². The molecule has 7 nitrogen and oxygen atoms in total. The fourth-order valence-corrected chi connectivity index (χ4v) is 5.63. The summed E-state index contributed by atoms with van der Waals surface area (Å²) in [5.74, 6) is 0.675. The molecule has 1 aliphatic rings. The van der Waals surface area contributed by atoms with Crippen molar-refractivity contribution >= 4 is 35.0 Å². The molecule has 10 heteroatoms. The molecule has 2 atom stereocenters. The van der Waals surface area contributed by atoms with Gasteiger partial charge >= 0.3 is 0 Å². The molecule has 5 rings (SSSR count). The van der Waals surface area contributed by atoms with Gasteiger partial charge in [0.05, 0.1) is 30.2 Å². The molecule has 2 aromatic carbocycles. The van der Waals surface area contributed by atoms with Crippen LogP contribution in [0.25, 0.3) is 11.3 Å². The summed E-state index contributed by atoms with van der Waals surface area (Å²) in [6.45, 7) is 3.24. The monoisotopic (exact) mass is 570 g/mol. The van der Waals surface area contributed by atoms with Gasteiger partial charge in [-0.15, -0.1) is 0 Å². The number of imidazole rings is 1. The molecular weight excluding hydrogens is 543 g/mol. The van der Waals surface area contributed by atoms with E-state index in [0.29, 0.717) is 35.4 Å². The first-order valence-electron chi connectivity index (χ1n) is 12.5. The third kappa shape index (κ3) is 6.50. The van der Waals surface area contributed by atoms with E-state index in [-0.39, 0.29) is 6.10 Å². The number of benzene rings is 2. The first-order chi connectivity index (χ1) is 18.5. The Morgan fingerprint density at radius 2 is 2.00 bits per heavy atom. The Hall–Kier alpha value is -2.62. The SMILES string of the molecule is CCCCSc1nccc(-c2ccc(OC[C@@H]3CO[C@@](Cn4ccnc4)(c4ccc(Cl)cc4Cl)O3)cc2)n1. The lowest BCUT2D eigenvalue weighted by Gasteiger charge is -2.30. The molecule has 0 amide bonds. The number of halogens is 2. The molecule has 1 aliphatic heterocycles. The maximum absolute atomic E-state index is 6.56. The number of ether oxygens (including phenoxy) is 3. The Morgan fingerprint density at radius 1 is 1.13 bits per heavy atom. The molecular formula is C28H28Cl2N4O3S. The van der Waals surface area contributed by atoms with Crippen molar-refractivity contribution < 1.29 is 14.2 Å². The Morgan fingerprint density at radius 3 is 2.76 bits per heavy atom. The van der Waals surface area contributed by atoms with Crippen molar-refractivity contribution in [1.29, 1.82) is 0 Å². The lowest BCUT2D eigenvalue weighted by atomic mass is 10.1. The second-order valence-corrected chi connectivity index (χ2v) is 10.8. The maximum Gasteiger partial charge on any atom is 0.215 e. The van der Waals surface area contributed by atoms with Crippen molar-refractivity contribution in [3.05, 3.63) is 89.1 Å².